The van der Waals surface area contributed by atoms with E-state index >= 15 is 0 Å². The van der Waals surface area contributed by atoms with Crippen molar-refractivity contribution >= 4 is 27.5 Å². The molecule has 21 heavy (non-hydrogen) atoms. The van der Waals surface area contributed by atoms with E-state index in [1.54, 1.807) is 11.3 Å². The quantitative estimate of drug-likeness (QED) is 0.948. The largest absolute Gasteiger partial charge is 0.391 e. The van der Waals surface area contributed by atoms with Crippen LogP contribution in [-0.4, -0.2) is 33.5 Å². The Labute approximate surface area is 128 Å². The van der Waals surface area contributed by atoms with Crippen molar-refractivity contribution in [1.82, 2.24) is 9.88 Å². The zero-order valence-electron chi connectivity index (χ0n) is 12.3. The third kappa shape index (κ3) is 2.94. The second kappa shape index (κ2) is 5.73. The van der Waals surface area contributed by atoms with Crippen LogP contribution in [0.25, 0.3) is 10.2 Å². The van der Waals surface area contributed by atoms with Gasteiger partial charge in [-0.1, -0.05) is 26.0 Å². The van der Waals surface area contributed by atoms with Crippen LogP contribution >= 0.6 is 11.3 Å². The molecule has 0 spiro atoms. The number of β-amino-alcohol motifs (C(OH)–C–C–N with tert-alkyl or cyclic N) is 1. The van der Waals surface area contributed by atoms with Crippen LogP contribution in [0.15, 0.2) is 24.3 Å². The molecule has 2 heterocycles. The summed E-state index contributed by atoms with van der Waals surface area (Å²) in [7, 11) is 0. The first kappa shape index (κ1) is 14.5. The number of aliphatic hydroxyl groups is 1. The lowest BCUT2D eigenvalue weighted by atomic mass is 10.1. The Morgan fingerprint density at radius 3 is 2.95 bits per heavy atom. The van der Waals surface area contributed by atoms with E-state index in [0.717, 1.165) is 15.2 Å². The highest BCUT2D eigenvalue weighted by Gasteiger charge is 2.37. The van der Waals surface area contributed by atoms with Crippen molar-refractivity contribution < 1.29 is 9.90 Å². The number of likely N-dealkylation sites (tertiary alicyclic amines) is 1. The van der Waals surface area contributed by atoms with E-state index in [4.69, 9.17) is 0 Å². The van der Waals surface area contributed by atoms with Gasteiger partial charge in [-0.05, 0) is 18.1 Å². The zero-order chi connectivity index (χ0) is 15.0. The van der Waals surface area contributed by atoms with Gasteiger partial charge in [0.2, 0.25) is 5.91 Å². The molecule has 3 rings (SSSR count). The fourth-order valence-electron chi connectivity index (χ4n) is 2.82. The van der Waals surface area contributed by atoms with Crippen LogP contribution in [0.5, 0.6) is 0 Å². The summed E-state index contributed by atoms with van der Waals surface area (Å²) in [5, 5.41) is 10.9. The second-order valence-corrected chi connectivity index (χ2v) is 7.13. The van der Waals surface area contributed by atoms with Crippen molar-refractivity contribution in [3.8, 4) is 0 Å². The number of amides is 1. The van der Waals surface area contributed by atoms with E-state index in [2.05, 4.69) is 4.98 Å². The molecule has 1 N–H and O–H groups in total. The molecular weight excluding hydrogens is 284 g/mol. The number of aliphatic hydroxyl groups excluding tert-OH is 1. The smallest absolute Gasteiger partial charge is 0.223 e. The molecule has 1 aromatic heterocycles. The van der Waals surface area contributed by atoms with Gasteiger partial charge in [-0.15, -0.1) is 11.3 Å². The third-order valence-electron chi connectivity index (χ3n) is 3.78. The molecular formula is C16H20N2O2S. The Balaban J connectivity index is 1.89. The van der Waals surface area contributed by atoms with Crippen LogP contribution in [0.3, 0.4) is 0 Å². The fourth-order valence-corrected chi connectivity index (χ4v) is 3.92. The summed E-state index contributed by atoms with van der Waals surface area (Å²) in [5.41, 5.74) is 0.968. The first-order valence-electron chi connectivity index (χ1n) is 7.37. The molecule has 2 atom stereocenters. The molecule has 0 unspecified atom stereocenters. The van der Waals surface area contributed by atoms with Crippen molar-refractivity contribution in [3.05, 3.63) is 29.3 Å². The molecule has 1 saturated heterocycles. The standard InChI is InChI=1S/C16H20N2O2S/c1-10(2)7-15(20)18-9-11(19)8-13(18)16-17-12-5-3-4-6-14(12)21-16/h3-6,10-11,13,19H,7-9H2,1-2H3/t11-,13+/m1/s1. The molecule has 112 valence electrons. The number of aromatic nitrogens is 1. The van der Waals surface area contributed by atoms with Gasteiger partial charge >= 0.3 is 0 Å². The van der Waals surface area contributed by atoms with Crippen molar-refractivity contribution in [1.29, 1.82) is 0 Å². The van der Waals surface area contributed by atoms with Gasteiger partial charge in [-0.25, -0.2) is 4.98 Å². The first-order chi connectivity index (χ1) is 10.0. The number of fused-ring (bicyclic) bond motifs is 1. The van der Waals surface area contributed by atoms with Gasteiger partial charge in [0.05, 0.1) is 22.4 Å². The maximum Gasteiger partial charge on any atom is 0.223 e. The molecule has 1 fully saturated rings. The summed E-state index contributed by atoms with van der Waals surface area (Å²) >= 11 is 1.62. The fraction of sp³-hybridized carbons (Fsp3) is 0.500. The predicted molar refractivity (Wildman–Crippen MR) is 84.2 cm³/mol. The van der Waals surface area contributed by atoms with Crippen LogP contribution in [0, 0.1) is 5.92 Å². The molecule has 0 radical (unpaired) electrons. The molecule has 2 aromatic rings. The number of carbonyl (C=O) groups excluding carboxylic acids is 1. The van der Waals surface area contributed by atoms with Crippen molar-refractivity contribution in [2.45, 2.75) is 38.8 Å². The maximum absolute atomic E-state index is 12.4. The van der Waals surface area contributed by atoms with Crippen molar-refractivity contribution in [2.24, 2.45) is 5.92 Å². The SMILES string of the molecule is CC(C)CC(=O)N1C[C@H](O)C[C@H]1c1nc2ccccc2s1. The normalized spacial score (nSPS) is 22.4. The van der Waals surface area contributed by atoms with Gasteiger partial charge in [0, 0.05) is 19.4 Å². The van der Waals surface area contributed by atoms with Crippen LogP contribution in [-0.2, 0) is 4.79 Å². The molecule has 1 aromatic carbocycles. The monoisotopic (exact) mass is 304 g/mol. The second-order valence-electron chi connectivity index (χ2n) is 6.07. The van der Waals surface area contributed by atoms with Gasteiger partial charge in [0.1, 0.15) is 5.01 Å². The average Bonchev–Trinajstić information content (AvgIpc) is 3.00. The minimum absolute atomic E-state index is 0.0800. The molecule has 5 heteroatoms. The number of benzene rings is 1. The van der Waals surface area contributed by atoms with E-state index in [0.29, 0.717) is 25.3 Å². The van der Waals surface area contributed by atoms with Crippen molar-refractivity contribution in [2.75, 3.05) is 6.54 Å². The summed E-state index contributed by atoms with van der Waals surface area (Å²) < 4.78 is 1.13. The minimum atomic E-state index is -0.446. The number of carbonyl (C=O) groups is 1. The van der Waals surface area contributed by atoms with Crippen LogP contribution < -0.4 is 0 Å². The Morgan fingerprint density at radius 2 is 2.24 bits per heavy atom. The van der Waals surface area contributed by atoms with Crippen LogP contribution in [0.4, 0.5) is 0 Å². The lowest BCUT2D eigenvalue weighted by Gasteiger charge is -2.23. The Morgan fingerprint density at radius 1 is 1.48 bits per heavy atom. The summed E-state index contributed by atoms with van der Waals surface area (Å²) in [6.07, 6.45) is 0.663. The van der Waals surface area contributed by atoms with Gasteiger partial charge in [0.15, 0.2) is 0 Å². The number of hydrogen-bond donors (Lipinski definition) is 1. The number of nitrogens with zero attached hydrogens (tertiary/aromatic N) is 2. The van der Waals surface area contributed by atoms with Gasteiger partial charge < -0.3 is 10.0 Å². The topological polar surface area (TPSA) is 53.4 Å². The summed E-state index contributed by atoms with van der Waals surface area (Å²) in [5.74, 6) is 0.442. The summed E-state index contributed by atoms with van der Waals surface area (Å²) in [6.45, 7) is 4.50. The number of thiazole rings is 1. The van der Waals surface area contributed by atoms with E-state index in [1.165, 1.54) is 0 Å². The maximum atomic E-state index is 12.4. The highest BCUT2D eigenvalue weighted by molar-refractivity contribution is 7.18. The first-order valence-corrected chi connectivity index (χ1v) is 8.19. The van der Waals surface area contributed by atoms with Crippen molar-refractivity contribution in [3.63, 3.8) is 0 Å². The predicted octanol–water partition coefficient (Wildman–Crippen LogP) is 2.98. The van der Waals surface area contributed by atoms with Gasteiger partial charge in [-0.2, -0.15) is 0 Å². The van der Waals surface area contributed by atoms with Crippen LogP contribution in [0.2, 0.25) is 0 Å². The highest BCUT2D eigenvalue weighted by atomic mass is 32.1. The van der Waals surface area contributed by atoms with E-state index < -0.39 is 6.10 Å². The molecule has 4 nitrogen and oxygen atoms in total. The number of para-hydroxylation sites is 1. The number of rotatable bonds is 3. The zero-order valence-corrected chi connectivity index (χ0v) is 13.1. The number of hydrogen-bond acceptors (Lipinski definition) is 4. The van der Waals surface area contributed by atoms with E-state index in [9.17, 15) is 9.90 Å². The lowest BCUT2D eigenvalue weighted by Crippen LogP contribution is -2.32. The lowest BCUT2D eigenvalue weighted by molar-refractivity contribution is -0.133. The molecule has 0 bridgehead atoms. The van der Waals surface area contributed by atoms with Crippen LogP contribution in [0.1, 0.15) is 37.7 Å². The summed E-state index contributed by atoms with van der Waals surface area (Å²) in [6, 6.07) is 7.92. The molecule has 0 saturated carbocycles. The summed E-state index contributed by atoms with van der Waals surface area (Å²) in [4.78, 5) is 18.9. The Hall–Kier alpha value is -1.46. The molecule has 1 amide bonds. The highest BCUT2D eigenvalue weighted by Crippen LogP contribution is 2.37. The van der Waals surface area contributed by atoms with E-state index in [-0.39, 0.29) is 11.9 Å². The Kier molecular flexibility index (Phi) is 3.95. The molecule has 0 aliphatic carbocycles. The Bertz CT molecular complexity index is 620. The third-order valence-corrected chi connectivity index (χ3v) is 4.92. The average molecular weight is 304 g/mol. The minimum Gasteiger partial charge on any atom is -0.391 e. The van der Waals surface area contributed by atoms with E-state index in [1.807, 2.05) is 43.0 Å². The molecule has 1 aliphatic rings. The molecule has 1 aliphatic heterocycles. The van der Waals surface area contributed by atoms with Gasteiger partial charge in [-0.3, -0.25) is 4.79 Å². The van der Waals surface area contributed by atoms with Gasteiger partial charge in [0.25, 0.3) is 0 Å².